The minimum atomic E-state index is 0.0566. The van der Waals surface area contributed by atoms with Crippen LogP contribution < -0.4 is 0 Å². The lowest BCUT2D eigenvalue weighted by Crippen LogP contribution is -2.55. The fourth-order valence-electron chi connectivity index (χ4n) is 11.0. The summed E-state index contributed by atoms with van der Waals surface area (Å²) in [6, 6.07) is 48.8. The third-order valence-electron chi connectivity index (χ3n) is 13.0. The summed E-state index contributed by atoms with van der Waals surface area (Å²) in [5, 5.41) is 2.72. The van der Waals surface area contributed by atoms with E-state index >= 15 is 0 Å². The molecule has 12 rings (SSSR count). The third-order valence-corrected chi connectivity index (χ3v) is 13.0. The molecule has 0 aliphatic heterocycles. The Balaban J connectivity index is 1.10. The zero-order chi connectivity index (χ0) is 33.7. The first-order chi connectivity index (χ1) is 25.1. The van der Waals surface area contributed by atoms with Crippen LogP contribution in [0.4, 0.5) is 0 Å². The first-order valence-electron chi connectivity index (χ1n) is 18.8. The summed E-state index contributed by atoms with van der Waals surface area (Å²) in [7, 11) is 0. The van der Waals surface area contributed by atoms with Crippen LogP contribution in [0.2, 0.25) is 0 Å². The Labute approximate surface area is 299 Å². The van der Waals surface area contributed by atoms with E-state index in [4.69, 9.17) is 15.0 Å². The number of aryl methyl sites for hydroxylation is 1. The maximum atomic E-state index is 5.25. The van der Waals surface area contributed by atoms with Gasteiger partial charge in [0.2, 0.25) is 0 Å². The molecule has 1 aromatic heterocycles. The smallest absolute Gasteiger partial charge is 0.164 e. The highest BCUT2D eigenvalue weighted by molar-refractivity contribution is 6.03. The molecule has 4 bridgehead atoms. The van der Waals surface area contributed by atoms with E-state index < -0.39 is 0 Å². The first-order valence-corrected chi connectivity index (χ1v) is 18.8. The van der Waals surface area contributed by atoms with Gasteiger partial charge in [0, 0.05) is 22.1 Å². The average molecular weight is 658 g/mol. The number of hydrogen-bond donors (Lipinski definition) is 0. The lowest BCUT2D eigenvalue weighted by molar-refractivity contribution is -0.0399. The average Bonchev–Trinajstić information content (AvgIpc) is 3.48. The van der Waals surface area contributed by atoms with Crippen molar-refractivity contribution in [3.05, 3.63) is 150 Å². The second kappa shape index (κ2) is 11.0. The van der Waals surface area contributed by atoms with Crippen LogP contribution in [0, 0.1) is 30.6 Å². The highest BCUT2D eigenvalue weighted by Crippen LogP contribution is 2.70. The van der Waals surface area contributed by atoms with Crippen molar-refractivity contribution in [2.24, 2.45) is 23.7 Å². The molecule has 5 aliphatic rings. The maximum absolute atomic E-state index is 5.25. The Morgan fingerprint density at radius 2 is 1.02 bits per heavy atom. The van der Waals surface area contributed by atoms with Gasteiger partial charge < -0.3 is 0 Å². The summed E-state index contributed by atoms with van der Waals surface area (Å²) in [6.07, 6.45) is 6.87. The molecule has 51 heavy (non-hydrogen) atoms. The number of benzene rings is 6. The second-order valence-electron chi connectivity index (χ2n) is 15.8. The summed E-state index contributed by atoms with van der Waals surface area (Å²) >= 11 is 0. The van der Waals surface area contributed by atoms with E-state index in [1.807, 2.05) is 0 Å². The summed E-state index contributed by atoms with van der Waals surface area (Å²) < 4.78 is 0. The molecule has 0 atom stereocenters. The SMILES string of the molecule is Cc1ccc(-c2nc(-c3ccc(-c4ccccc4)cc3)nc(-c3ccc4c(c3)C3(c5ccc6ccccc6c5-4)C4CC5CC(C4)CC3C5)n2)cc1. The van der Waals surface area contributed by atoms with Crippen LogP contribution in [-0.2, 0) is 5.41 Å². The number of hydrogen-bond acceptors (Lipinski definition) is 3. The van der Waals surface area contributed by atoms with Crippen LogP contribution in [0.15, 0.2) is 133 Å². The van der Waals surface area contributed by atoms with Gasteiger partial charge in [-0.3, -0.25) is 0 Å². The van der Waals surface area contributed by atoms with Gasteiger partial charge in [-0.15, -0.1) is 0 Å². The monoisotopic (exact) mass is 657 g/mol. The van der Waals surface area contributed by atoms with Gasteiger partial charge in [-0.1, -0.05) is 133 Å². The number of rotatable bonds is 4. The highest BCUT2D eigenvalue weighted by Gasteiger charge is 2.61. The molecule has 7 aromatic rings. The van der Waals surface area contributed by atoms with Crippen LogP contribution >= 0.6 is 0 Å². The summed E-state index contributed by atoms with van der Waals surface area (Å²) in [5.74, 6) is 5.31. The van der Waals surface area contributed by atoms with Gasteiger partial charge in [-0.05, 0) is 113 Å². The van der Waals surface area contributed by atoms with Gasteiger partial charge >= 0.3 is 0 Å². The molecular weight excluding hydrogens is 619 g/mol. The molecule has 3 nitrogen and oxygen atoms in total. The van der Waals surface area contributed by atoms with E-state index in [2.05, 4.69) is 140 Å². The molecule has 0 radical (unpaired) electrons. The van der Waals surface area contributed by atoms with E-state index in [0.29, 0.717) is 23.5 Å². The minimum Gasteiger partial charge on any atom is -0.208 e. The number of aromatic nitrogens is 3. The molecule has 246 valence electrons. The Morgan fingerprint density at radius 3 is 1.71 bits per heavy atom. The van der Waals surface area contributed by atoms with Crippen molar-refractivity contribution in [2.45, 2.75) is 44.4 Å². The predicted octanol–water partition coefficient (Wildman–Crippen LogP) is 11.7. The quantitative estimate of drug-likeness (QED) is 0.189. The molecule has 4 fully saturated rings. The third kappa shape index (κ3) is 4.40. The fraction of sp³-hybridized carbons (Fsp3) is 0.229. The lowest BCUT2D eigenvalue weighted by Gasteiger charge is -2.61. The van der Waals surface area contributed by atoms with Crippen LogP contribution in [0.1, 0.15) is 48.8 Å². The largest absolute Gasteiger partial charge is 0.208 e. The molecule has 0 saturated heterocycles. The van der Waals surface area contributed by atoms with Crippen LogP contribution in [0.5, 0.6) is 0 Å². The Hall–Kier alpha value is -5.41. The van der Waals surface area contributed by atoms with Gasteiger partial charge in [-0.25, -0.2) is 15.0 Å². The Morgan fingerprint density at radius 1 is 0.471 bits per heavy atom. The van der Waals surface area contributed by atoms with Gasteiger partial charge in [0.15, 0.2) is 17.5 Å². The van der Waals surface area contributed by atoms with Crippen LogP contribution in [0.3, 0.4) is 0 Å². The standard InChI is InChI=1S/C48H39N3/c1-29-11-13-35(14-12-29)45-49-46(36-17-15-33(16-18-36)32-7-3-2-4-8-32)51-47(50-45)37-19-21-41-43(28-37)48(38-24-30-23-31(26-38)27-39(48)25-30)42-22-20-34-9-5-6-10-40(34)44(41)42/h2-22,28,30-31,38-39H,23-27H2,1H3. The molecule has 3 heteroatoms. The molecule has 0 N–H and O–H groups in total. The van der Waals surface area contributed by atoms with Crippen LogP contribution in [-0.4, -0.2) is 15.0 Å². The maximum Gasteiger partial charge on any atom is 0.164 e. The van der Waals surface area contributed by atoms with Gasteiger partial charge in [-0.2, -0.15) is 0 Å². The summed E-state index contributed by atoms with van der Waals surface area (Å²) in [4.78, 5) is 15.6. The molecule has 1 spiro atoms. The molecule has 6 aromatic carbocycles. The second-order valence-corrected chi connectivity index (χ2v) is 15.8. The predicted molar refractivity (Wildman–Crippen MR) is 207 cm³/mol. The molecule has 1 heterocycles. The zero-order valence-electron chi connectivity index (χ0n) is 28.9. The van der Waals surface area contributed by atoms with Crippen molar-refractivity contribution >= 4 is 10.8 Å². The van der Waals surface area contributed by atoms with Crippen molar-refractivity contribution in [3.8, 4) is 56.4 Å². The topological polar surface area (TPSA) is 38.7 Å². The van der Waals surface area contributed by atoms with Gasteiger partial charge in [0.05, 0.1) is 0 Å². The normalized spacial score (nSPS) is 23.9. The first kappa shape index (κ1) is 29.3. The minimum absolute atomic E-state index is 0.0566. The molecular formula is C48H39N3. The van der Waals surface area contributed by atoms with E-state index in [-0.39, 0.29) is 5.41 Å². The van der Waals surface area contributed by atoms with Crippen molar-refractivity contribution in [2.75, 3.05) is 0 Å². The molecule has 5 aliphatic carbocycles. The van der Waals surface area contributed by atoms with Gasteiger partial charge in [0.1, 0.15) is 0 Å². The van der Waals surface area contributed by atoms with Crippen molar-refractivity contribution in [1.82, 2.24) is 15.0 Å². The van der Waals surface area contributed by atoms with E-state index in [9.17, 15) is 0 Å². The highest BCUT2D eigenvalue weighted by atomic mass is 15.0. The van der Waals surface area contributed by atoms with E-state index in [1.54, 1.807) is 5.56 Å². The number of nitrogens with zero attached hydrogens (tertiary/aromatic N) is 3. The molecule has 4 saturated carbocycles. The lowest BCUT2D eigenvalue weighted by atomic mass is 9.43. The van der Waals surface area contributed by atoms with E-state index in [1.165, 1.54) is 76.3 Å². The summed E-state index contributed by atoms with van der Waals surface area (Å²) in [5.41, 5.74) is 12.7. The molecule has 0 amide bonds. The van der Waals surface area contributed by atoms with Crippen LogP contribution in [0.25, 0.3) is 67.2 Å². The Bertz CT molecular complexity index is 2450. The van der Waals surface area contributed by atoms with Crippen molar-refractivity contribution in [3.63, 3.8) is 0 Å². The Kier molecular flexibility index (Phi) is 6.35. The van der Waals surface area contributed by atoms with Crippen molar-refractivity contribution in [1.29, 1.82) is 0 Å². The van der Waals surface area contributed by atoms with Gasteiger partial charge in [0.25, 0.3) is 0 Å². The fourth-order valence-corrected chi connectivity index (χ4v) is 11.0. The van der Waals surface area contributed by atoms with Crippen molar-refractivity contribution < 1.29 is 0 Å². The van der Waals surface area contributed by atoms with E-state index in [0.717, 1.165) is 34.4 Å². The number of fused-ring (bicyclic) bond motifs is 5. The summed E-state index contributed by atoms with van der Waals surface area (Å²) in [6.45, 7) is 2.12. The zero-order valence-corrected chi connectivity index (χ0v) is 28.9. The molecule has 0 unspecified atom stereocenters.